The molecule has 38 heavy (non-hydrogen) atoms. The summed E-state index contributed by atoms with van der Waals surface area (Å²) in [5, 5.41) is 7.72. The van der Waals surface area contributed by atoms with Crippen molar-refractivity contribution in [1.29, 1.82) is 0 Å². The van der Waals surface area contributed by atoms with Gasteiger partial charge in [-0.1, -0.05) is 27.7 Å². The van der Waals surface area contributed by atoms with Gasteiger partial charge in [0.05, 0.1) is 39.0 Å². The Morgan fingerprint density at radius 1 is 0.895 bits per heavy atom. The normalized spacial score (nSPS) is 22.2. The Bertz CT molecular complexity index is 818. The molecule has 0 aliphatic carbocycles. The molecule has 3 amide bonds. The lowest BCUT2D eigenvalue weighted by atomic mass is 9.93. The lowest BCUT2D eigenvalue weighted by molar-refractivity contribution is -0.149. The minimum Gasteiger partial charge on any atom is -0.379 e. The van der Waals surface area contributed by atoms with Crippen molar-refractivity contribution >= 4 is 23.5 Å². The van der Waals surface area contributed by atoms with Crippen molar-refractivity contribution in [2.24, 2.45) is 11.8 Å². The number of nitrogens with one attached hydrogen (secondary N) is 3. The Morgan fingerprint density at radius 3 is 1.95 bits per heavy atom. The van der Waals surface area contributed by atoms with Crippen molar-refractivity contribution in [3.8, 4) is 0 Å². The van der Waals surface area contributed by atoms with Crippen molar-refractivity contribution in [2.45, 2.75) is 77.8 Å². The van der Waals surface area contributed by atoms with Crippen LogP contribution in [0.1, 0.15) is 47.5 Å². The third-order valence-electron chi connectivity index (χ3n) is 6.29. The number of rotatable bonds is 16. The third-order valence-corrected chi connectivity index (χ3v) is 6.29. The molecule has 0 aromatic carbocycles. The summed E-state index contributed by atoms with van der Waals surface area (Å²) in [5.74, 6) is -2.22. The molecule has 13 heteroatoms. The number of nitrogens with zero attached hydrogens (tertiary/aromatic N) is 1. The van der Waals surface area contributed by atoms with Gasteiger partial charge in [-0.2, -0.15) is 8.78 Å². The van der Waals surface area contributed by atoms with Crippen LogP contribution in [0.3, 0.4) is 0 Å². The largest absolute Gasteiger partial charge is 0.379 e. The molecule has 0 radical (unpaired) electrons. The second-order valence-corrected chi connectivity index (χ2v) is 10.9. The van der Waals surface area contributed by atoms with E-state index in [1.54, 1.807) is 6.92 Å². The predicted octanol–water partition coefficient (Wildman–Crippen LogP) is 0.462. The van der Waals surface area contributed by atoms with Crippen LogP contribution in [-0.4, -0.2) is 105 Å². The predicted molar refractivity (Wildman–Crippen MR) is 133 cm³/mol. The Kier molecular flexibility index (Phi) is 12.5. The number of amides is 3. The first-order valence-corrected chi connectivity index (χ1v) is 13.1. The van der Waals surface area contributed by atoms with Crippen LogP contribution in [0.2, 0.25) is 0 Å². The van der Waals surface area contributed by atoms with Crippen molar-refractivity contribution in [3.05, 3.63) is 0 Å². The van der Waals surface area contributed by atoms with Gasteiger partial charge in [0.1, 0.15) is 17.7 Å². The van der Waals surface area contributed by atoms with E-state index in [1.807, 2.05) is 32.6 Å². The SMILES string of the molecule is CC(C)C[C@H](NC(=O)CN1CCOCC1)C(=O)N[C@@H](COC(F)F)C(=O)N[C@@H](CC(C)C)C(=O)[C@@]1(C)CO1. The van der Waals surface area contributed by atoms with Crippen LogP contribution in [0.25, 0.3) is 0 Å². The molecule has 0 saturated carbocycles. The number of alkyl halides is 2. The maximum Gasteiger partial charge on any atom is 0.345 e. The second kappa shape index (κ2) is 14.8. The lowest BCUT2D eigenvalue weighted by Crippen LogP contribution is -2.58. The Morgan fingerprint density at radius 2 is 1.42 bits per heavy atom. The zero-order chi connectivity index (χ0) is 28.5. The van der Waals surface area contributed by atoms with Crippen LogP contribution >= 0.6 is 0 Å². The highest BCUT2D eigenvalue weighted by molar-refractivity contribution is 5.98. The molecular formula is C25H42F2N4O7. The van der Waals surface area contributed by atoms with Crippen LogP contribution in [0.5, 0.6) is 0 Å². The molecule has 2 aliphatic rings. The molecule has 0 aromatic heterocycles. The number of epoxide rings is 1. The number of ketones is 1. The number of carbonyl (C=O) groups is 4. The summed E-state index contributed by atoms with van der Waals surface area (Å²) >= 11 is 0. The number of hydrogen-bond acceptors (Lipinski definition) is 8. The smallest absolute Gasteiger partial charge is 0.345 e. The molecule has 4 atom stereocenters. The molecule has 2 fully saturated rings. The summed E-state index contributed by atoms with van der Waals surface area (Å²) in [7, 11) is 0. The Balaban J connectivity index is 2.10. The van der Waals surface area contributed by atoms with Crippen LogP contribution in [0.4, 0.5) is 8.78 Å². The average molecular weight is 549 g/mol. The summed E-state index contributed by atoms with van der Waals surface area (Å²) < 4.78 is 40.5. The number of halogens is 2. The van der Waals surface area contributed by atoms with Crippen molar-refractivity contribution in [1.82, 2.24) is 20.9 Å². The molecule has 0 unspecified atom stereocenters. The molecule has 0 spiro atoms. The first-order chi connectivity index (χ1) is 17.8. The van der Waals surface area contributed by atoms with Gasteiger partial charge in [0.2, 0.25) is 17.7 Å². The molecule has 0 aromatic rings. The van der Waals surface area contributed by atoms with Crippen molar-refractivity contribution < 1.29 is 42.2 Å². The number of ether oxygens (including phenoxy) is 3. The minimum absolute atomic E-state index is 0.00589. The van der Waals surface area contributed by atoms with Crippen LogP contribution < -0.4 is 16.0 Å². The quantitative estimate of drug-likeness (QED) is 0.237. The van der Waals surface area contributed by atoms with Gasteiger partial charge in [-0.3, -0.25) is 24.1 Å². The molecule has 0 bridgehead atoms. The average Bonchev–Trinajstić information content (AvgIpc) is 3.58. The lowest BCUT2D eigenvalue weighted by Gasteiger charge is -2.28. The van der Waals surface area contributed by atoms with E-state index in [4.69, 9.17) is 9.47 Å². The summed E-state index contributed by atoms with van der Waals surface area (Å²) in [6.07, 6.45) is 0.558. The van der Waals surface area contributed by atoms with E-state index in [1.165, 1.54) is 0 Å². The fourth-order valence-electron chi connectivity index (χ4n) is 4.12. The highest BCUT2D eigenvalue weighted by Crippen LogP contribution is 2.29. The molecule has 3 N–H and O–H groups in total. The molecule has 2 aliphatic heterocycles. The highest BCUT2D eigenvalue weighted by atomic mass is 19.3. The minimum atomic E-state index is -3.17. The highest BCUT2D eigenvalue weighted by Gasteiger charge is 2.50. The molecular weight excluding hydrogens is 506 g/mol. The first-order valence-electron chi connectivity index (χ1n) is 13.1. The number of morpholine rings is 1. The van der Waals surface area contributed by atoms with Gasteiger partial charge in [-0.15, -0.1) is 0 Å². The Hall–Kier alpha value is -2.22. The molecule has 2 heterocycles. The van der Waals surface area contributed by atoms with Crippen molar-refractivity contribution in [3.63, 3.8) is 0 Å². The zero-order valence-electron chi connectivity index (χ0n) is 22.9. The summed E-state index contributed by atoms with van der Waals surface area (Å²) in [5.41, 5.74) is -1.00. The van der Waals surface area contributed by atoms with Crippen LogP contribution in [0, 0.1) is 11.8 Å². The molecule has 2 rings (SSSR count). The van der Waals surface area contributed by atoms with E-state index in [0.29, 0.717) is 32.7 Å². The molecule has 11 nitrogen and oxygen atoms in total. The van der Waals surface area contributed by atoms with Crippen LogP contribution in [0.15, 0.2) is 0 Å². The van der Waals surface area contributed by atoms with Gasteiger partial charge in [-0.05, 0) is 31.6 Å². The zero-order valence-corrected chi connectivity index (χ0v) is 22.9. The van der Waals surface area contributed by atoms with Gasteiger partial charge in [0, 0.05) is 13.1 Å². The van der Waals surface area contributed by atoms with Crippen molar-refractivity contribution in [2.75, 3.05) is 46.1 Å². The monoisotopic (exact) mass is 548 g/mol. The molecule has 218 valence electrons. The standard InChI is InChI=1S/C25H42F2N4O7/c1-15(2)10-17(21(33)25(5)14-38-25)29-23(35)19(13-37-24(26)27)30-22(34)18(11-16(3)4)28-20(32)12-31-6-8-36-9-7-31/h15-19,24H,6-14H2,1-5H3,(H,28,32)(H,29,35)(H,30,34)/t17-,18-,19-,25+/m0/s1. The van der Waals surface area contributed by atoms with E-state index < -0.39 is 48.8 Å². The number of hydrogen-bond donors (Lipinski definition) is 3. The fourth-order valence-corrected chi connectivity index (χ4v) is 4.12. The van der Waals surface area contributed by atoms with E-state index in [-0.39, 0.29) is 43.1 Å². The van der Waals surface area contributed by atoms with Gasteiger partial charge in [0.15, 0.2) is 5.78 Å². The first kappa shape index (κ1) is 32.0. The number of Topliss-reactive ketones (excluding diaryl/α,β-unsaturated/α-hetero) is 1. The topological polar surface area (TPSA) is 139 Å². The van der Waals surface area contributed by atoms with E-state index in [0.717, 1.165) is 0 Å². The summed E-state index contributed by atoms with van der Waals surface area (Å²) in [6, 6.07) is -3.45. The maximum atomic E-state index is 13.2. The summed E-state index contributed by atoms with van der Waals surface area (Å²) in [6.45, 7) is 7.59. The van der Waals surface area contributed by atoms with E-state index >= 15 is 0 Å². The van der Waals surface area contributed by atoms with Gasteiger partial charge in [-0.25, -0.2) is 0 Å². The third kappa shape index (κ3) is 10.9. The summed E-state index contributed by atoms with van der Waals surface area (Å²) in [4.78, 5) is 53.7. The van der Waals surface area contributed by atoms with Gasteiger partial charge in [0.25, 0.3) is 0 Å². The molecule has 2 saturated heterocycles. The number of carbonyl (C=O) groups excluding carboxylic acids is 4. The van der Waals surface area contributed by atoms with Gasteiger partial charge < -0.3 is 30.2 Å². The second-order valence-electron chi connectivity index (χ2n) is 10.9. The Labute approximate surface area is 222 Å². The van der Waals surface area contributed by atoms with Crippen LogP contribution in [-0.2, 0) is 33.4 Å². The maximum absolute atomic E-state index is 13.2. The van der Waals surface area contributed by atoms with E-state index in [9.17, 15) is 28.0 Å². The van der Waals surface area contributed by atoms with Gasteiger partial charge >= 0.3 is 6.61 Å². The van der Waals surface area contributed by atoms with E-state index in [2.05, 4.69) is 20.7 Å². The fraction of sp³-hybridized carbons (Fsp3) is 0.840.